The minimum Gasteiger partial charge on any atom is -0.293 e. The van der Waals surface area contributed by atoms with Crippen molar-refractivity contribution in [3.8, 4) is 0 Å². The quantitative estimate of drug-likeness (QED) is 0.750. The normalized spacial score (nSPS) is 12.9. The lowest BCUT2D eigenvalue weighted by Gasteiger charge is -2.03. The molecule has 0 radical (unpaired) electrons. The maximum atomic E-state index is 11.7. The van der Waals surface area contributed by atoms with Crippen LogP contribution in [0.4, 0.5) is 0 Å². The van der Waals surface area contributed by atoms with Crippen molar-refractivity contribution >= 4 is 33.0 Å². The van der Waals surface area contributed by atoms with Crippen molar-refractivity contribution in [2.75, 3.05) is 0 Å². The van der Waals surface area contributed by atoms with Crippen LogP contribution in [-0.2, 0) is 0 Å². The summed E-state index contributed by atoms with van der Waals surface area (Å²) in [6.07, 6.45) is 0.910. The first-order valence-corrected chi connectivity index (χ1v) is 5.97. The van der Waals surface area contributed by atoms with Gasteiger partial charge in [-0.25, -0.2) is 0 Å². The van der Waals surface area contributed by atoms with Gasteiger partial charge in [0.25, 0.3) is 0 Å². The fraction of sp³-hybridized carbons (Fsp3) is 0.500. The van der Waals surface area contributed by atoms with Gasteiger partial charge in [-0.1, -0.05) is 13.8 Å². The highest BCUT2D eigenvalue weighted by atomic mass is 79.9. The van der Waals surface area contributed by atoms with Crippen LogP contribution in [0.25, 0.3) is 0 Å². The summed E-state index contributed by atoms with van der Waals surface area (Å²) in [4.78, 5) is 12.6. The van der Waals surface area contributed by atoms with Crippen LogP contribution in [0.2, 0.25) is 0 Å². The minimum absolute atomic E-state index is 0.143. The molecule has 0 amide bonds. The first kappa shape index (κ1) is 10.9. The van der Waals surface area contributed by atoms with E-state index in [4.69, 9.17) is 0 Å². The molecule has 1 nitrogen and oxygen atoms in total. The zero-order valence-corrected chi connectivity index (χ0v) is 10.5. The Bertz CT molecular complexity index is 297. The molecule has 13 heavy (non-hydrogen) atoms. The second-order valence-corrected chi connectivity index (χ2v) is 5.61. The molecular formula is C10H13BrOS. The Morgan fingerprint density at radius 3 is 2.69 bits per heavy atom. The number of hydrogen-bond donors (Lipinski definition) is 0. The number of rotatable bonds is 3. The molecule has 0 saturated heterocycles. The van der Waals surface area contributed by atoms with E-state index < -0.39 is 0 Å². The van der Waals surface area contributed by atoms with Gasteiger partial charge in [0.15, 0.2) is 5.78 Å². The summed E-state index contributed by atoms with van der Waals surface area (Å²) in [5.74, 6) is 0.409. The molecule has 0 fully saturated rings. The molecule has 0 aliphatic heterocycles. The van der Waals surface area contributed by atoms with Crippen molar-refractivity contribution in [1.82, 2.24) is 0 Å². The standard InChI is InChI=1S/C10H13BrOS/c1-4-6(2)9(12)8-5-7(3)10(11)13-8/h5-6H,4H2,1-3H3. The van der Waals surface area contributed by atoms with Crippen molar-refractivity contribution < 1.29 is 4.79 Å². The van der Waals surface area contributed by atoms with Crippen molar-refractivity contribution in [3.63, 3.8) is 0 Å². The highest BCUT2D eigenvalue weighted by Crippen LogP contribution is 2.29. The zero-order chi connectivity index (χ0) is 10.0. The first-order valence-electron chi connectivity index (χ1n) is 4.36. The zero-order valence-electron chi connectivity index (χ0n) is 8.06. The largest absolute Gasteiger partial charge is 0.293 e. The van der Waals surface area contributed by atoms with E-state index in [0.29, 0.717) is 0 Å². The second kappa shape index (κ2) is 4.38. The molecule has 0 aromatic carbocycles. The topological polar surface area (TPSA) is 17.1 Å². The van der Waals surface area contributed by atoms with Gasteiger partial charge in [-0.15, -0.1) is 11.3 Å². The van der Waals surface area contributed by atoms with Crippen molar-refractivity contribution in [3.05, 3.63) is 20.3 Å². The molecule has 0 saturated carbocycles. The van der Waals surface area contributed by atoms with E-state index in [9.17, 15) is 4.79 Å². The summed E-state index contributed by atoms with van der Waals surface area (Å²) < 4.78 is 1.07. The van der Waals surface area contributed by atoms with Crippen LogP contribution in [0.1, 0.15) is 35.5 Å². The number of aryl methyl sites for hydroxylation is 1. The average molecular weight is 261 g/mol. The summed E-state index contributed by atoms with van der Waals surface area (Å²) in [6.45, 7) is 6.03. The van der Waals surface area contributed by atoms with Gasteiger partial charge in [0.1, 0.15) is 0 Å². The van der Waals surface area contributed by atoms with Crippen LogP contribution in [0.15, 0.2) is 9.85 Å². The van der Waals surface area contributed by atoms with E-state index in [-0.39, 0.29) is 11.7 Å². The third-order valence-electron chi connectivity index (χ3n) is 2.16. The van der Waals surface area contributed by atoms with Crippen LogP contribution < -0.4 is 0 Å². The van der Waals surface area contributed by atoms with E-state index in [0.717, 1.165) is 20.6 Å². The molecular weight excluding hydrogens is 248 g/mol. The molecule has 1 aromatic heterocycles. The Hall–Kier alpha value is -0.150. The third kappa shape index (κ3) is 2.41. The number of carbonyl (C=O) groups is 1. The van der Waals surface area contributed by atoms with Gasteiger partial charge >= 0.3 is 0 Å². The lowest BCUT2D eigenvalue weighted by atomic mass is 10.0. The molecule has 1 aromatic rings. The Morgan fingerprint density at radius 1 is 1.69 bits per heavy atom. The molecule has 0 N–H and O–H groups in total. The number of halogens is 1. The molecule has 1 atom stereocenters. The van der Waals surface area contributed by atoms with Gasteiger partial charge in [-0.2, -0.15) is 0 Å². The van der Waals surface area contributed by atoms with Crippen LogP contribution in [0, 0.1) is 12.8 Å². The Balaban J connectivity index is 2.89. The molecule has 0 aliphatic carbocycles. The number of ketones is 1. The molecule has 0 bridgehead atoms. The smallest absolute Gasteiger partial charge is 0.175 e. The first-order chi connectivity index (χ1) is 6.06. The van der Waals surface area contributed by atoms with Crippen molar-refractivity contribution in [2.45, 2.75) is 27.2 Å². The highest BCUT2D eigenvalue weighted by molar-refractivity contribution is 9.11. The fourth-order valence-corrected chi connectivity index (χ4v) is 2.60. The van der Waals surface area contributed by atoms with E-state index >= 15 is 0 Å². The molecule has 1 rings (SSSR count). The minimum atomic E-state index is 0.143. The summed E-state index contributed by atoms with van der Waals surface area (Å²) in [5, 5.41) is 0. The molecule has 1 heterocycles. The second-order valence-electron chi connectivity index (χ2n) is 3.24. The third-order valence-corrected chi connectivity index (χ3v) is 4.31. The summed E-state index contributed by atoms with van der Waals surface area (Å²) in [7, 11) is 0. The number of hydrogen-bond acceptors (Lipinski definition) is 2. The predicted molar refractivity (Wildman–Crippen MR) is 60.5 cm³/mol. The molecule has 72 valence electrons. The predicted octanol–water partition coefficient (Wildman–Crippen LogP) is 4.05. The van der Waals surface area contributed by atoms with Gasteiger partial charge in [-0.05, 0) is 40.9 Å². The highest BCUT2D eigenvalue weighted by Gasteiger charge is 2.16. The maximum Gasteiger partial charge on any atom is 0.175 e. The number of Topliss-reactive ketones (excluding diaryl/α,β-unsaturated/α-hetero) is 1. The van der Waals surface area contributed by atoms with Crippen molar-refractivity contribution in [1.29, 1.82) is 0 Å². The van der Waals surface area contributed by atoms with Gasteiger partial charge in [0.2, 0.25) is 0 Å². The fourth-order valence-electron chi connectivity index (χ4n) is 1.01. The van der Waals surface area contributed by atoms with Crippen molar-refractivity contribution in [2.24, 2.45) is 5.92 Å². The number of thiophene rings is 1. The van der Waals surface area contributed by atoms with Gasteiger partial charge in [-0.3, -0.25) is 4.79 Å². The molecule has 3 heteroatoms. The maximum absolute atomic E-state index is 11.7. The van der Waals surface area contributed by atoms with E-state index in [1.54, 1.807) is 0 Å². The molecule has 1 unspecified atom stereocenters. The Labute approximate surface area is 91.3 Å². The van der Waals surface area contributed by atoms with Gasteiger partial charge < -0.3 is 0 Å². The van der Waals surface area contributed by atoms with Crippen LogP contribution in [-0.4, -0.2) is 5.78 Å². The Kier molecular flexibility index (Phi) is 3.68. The van der Waals surface area contributed by atoms with Gasteiger partial charge in [0, 0.05) is 5.92 Å². The number of carbonyl (C=O) groups excluding carboxylic acids is 1. The van der Waals surface area contributed by atoms with E-state index in [1.165, 1.54) is 11.3 Å². The Morgan fingerprint density at radius 2 is 2.31 bits per heavy atom. The SMILES string of the molecule is CCC(C)C(=O)c1cc(C)c(Br)s1. The van der Waals surface area contributed by atoms with Crippen LogP contribution in [0.5, 0.6) is 0 Å². The lowest BCUT2D eigenvalue weighted by Crippen LogP contribution is -2.07. The van der Waals surface area contributed by atoms with E-state index in [1.807, 2.05) is 26.8 Å². The molecule has 0 spiro atoms. The van der Waals surface area contributed by atoms with Crippen LogP contribution >= 0.6 is 27.3 Å². The summed E-state index contributed by atoms with van der Waals surface area (Å²) in [6, 6.07) is 1.96. The van der Waals surface area contributed by atoms with Gasteiger partial charge in [0.05, 0.1) is 8.66 Å². The summed E-state index contributed by atoms with van der Waals surface area (Å²) >= 11 is 4.95. The van der Waals surface area contributed by atoms with Crippen LogP contribution in [0.3, 0.4) is 0 Å². The summed E-state index contributed by atoms with van der Waals surface area (Å²) in [5.41, 5.74) is 1.15. The lowest BCUT2D eigenvalue weighted by molar-refractivity contribution is 0.0931. The molecule has 0 aliphatic rings. The monoisotopic (exact) mass is 260 g/mol. The average Bonchev–Trinajstić information content (AvgIpc) is 2.44. The van der Waals surface area contributed by atoms with E-state index in [2.05, 4.69) is 15.9 Å².